The number of hydrogen-bond acceptors (Lipinski definition) is 4. The lowest BCUT2D eigenvalue weighted by atomic mass is 9.92. The van der Waals surface area contributed by atoms with E-state index < -0.39 is 5.41 Å². The lowest BCUT2D eigenvalue weighted by Gasteiger charge is -2.34. The summed E-state index contributed by atoms with van der Waals surface area (Å²) in [6, 6.07) is 0. The Bertz CT molecular complexity index is 209. The van der Waals surface area contributed by atoms with Crippen molar-refractivity contribution in [2.24, 2.45) is 5.41 Å². The lowest BCUT2D eigenvalue weighted by molar-refractivity contribution is -0.125. The van der Waals surface area contributed by atoms with Gasteiger partial charge in [-0.05, 0) is 40.0 Å². The summed E-state index contributed by atoms with van der Waals surface area (Å²) in [5, 5.41) is 9.89. The van der Waals surface area contributed by atoms with Crippen LogP contribution in [0.25, 0.3) is 0 Å². The normalized spacial score (nSPS) is 19.0. The van der Waals surface area contributed by atoms with Crippen molar-refractivity contribution in [1.29, 1.82) is 0 Å². The molecule has 0 aliphatic rings. The van der Waals surface area contributed by atoms with Gasteiger partial charge in [0.1, 0.15) is 0 Å². The van der Waals surface area contributed by atoms with Crippen molar-refractivity contribution >= 4 is 0 Å². The number of hydrogen-bond donors (Lipinski definition) is 1. The second kappa shape index (κ2) is 11.4. The van der Waals surface area contributed by atoms with E-state index in [1.54, 1.807) is 0 Å². The van der Waals surface area contributed by atoms with Crippen molar-refractivity contribution in [3.05, 3.63) is 0 Å². The highest BCUT2D eigenvalue weighted by Crippen LogP contribution is 2.22. The molecule has 3 unspecified atom stereocenters. The van der Waals surface area contributed by atoms with E-state index in [-0.39, 0.29) is 24.9 Å². The van der Waals surface area contributed by atoms with Gasteiger partial charge in [0.25, 0.3) is 0 Å². The Kier molecular flexibility index (Phi) is 11.3. The van der Waals surface area contributed by atoms with Gasteiger partial charge >= 0.3 is 0 Å². The second-order valence-corrected chi connectivity index (χ2v) is 6.25. The fourth-order valence-corrected chi connectivity index (χ4v) is 1.57. The third-order valence-corrected chi connectivity index (χ3v) is 4.08. The molecule has 0 aromatic heterocycles. The van der Waals surface area contributed by atoms with Crippen LogP contribution in [0.1, 0.15) is 60.8 Å². The Hall–Kier alpha value is -0.160. The van der Waals surface area contributed by atoms with E-state index >= 15 is 0 Å². The fourth-order valence-electron chi connectivity index (χ4n) is 1.57. The zero-order chi connectivity index (χ0) is 16.3. The molecule has 1 N–H and O–H groups in total. The zero-order valence-corrected chi connectivity index (χ0v) is 14.9. The SMILES string of the molecule is CCC(C)OCC(CO)(COC(C)CC)COC(C)CC. The molecular weight excluding hydrogens is 268 g/mol. The van der Waals surface area contributed by atoms with E-state index in [1.165, 1.54) is 0 Å². The molecule has 0 spiro atoms. The zero-order valence-electron chi connectivity index (χ0n) is 14.9. The van der Waals surface area contributed by atoms with Gasteiger partial charge in [-0.3, -0.25) is 0 Å². The maximum atomic E-state index is 9.89. The van der Waals surface area contributed by atoms with Crippen molar-refractivity contribution in [3.63, 3.8) is 0 Å². The van der Waals surface area contributed by atoms with Crippen molar-refractivity contribution in [3.8, 4) is 0 Å². The van der Waals surface area contributed by atoms with Crippen molar-refractivity contribution in [1.82, 2.24) is 0 Å². The summed E-state index contributed by atoms with van der Waals surface area (Å²) in [5.74, 6) is 0. The van der Waals surface area contributed by atoms with Crippen LogP contribution in [0.5, 0.6) is 0 Å². The van der Waals surface area contributed by atoms with Gasteiger partial charge in [-0.25, -0.2) is 0 Å². The van der Waals surface area contributed by atoms with Gasteiger partial charge in [-0.15, -0.1) is 0 Å². The molecule has 0 rings (SSSR count). The molecule has 0 bridgehead atoms. The third kappa shape index (κ3) is 8.77. The third-order valence-electron chi connectivity index (χ3n) is 4.08. The number of rotatable bonds is 13. The second-order valence-electron chi connectivity index (χ2n) is 6.25. The van der Waals surface area contributed by atoms with Crippen LogP contribution < -0.4 is 0 Å². The van der Waals surface area contributed by atoms with Gasteiger partial charge in [0, 0.05) is 0 Å². The largest absolute Gasteiger partial charge is 0.396 e. The number of ether oxygens (including phenoxy) is 3. The molecule has 0 aliphatic carbocycles. The average molecular weight is 304 g/mol. The Morgan fingerprint density at radius 2 is 1.00 bits per heavy atom. The first-order valence-corrected chi connectivity index (χ1v) is 8.38. The average Bonchev–Trinajstić information content (AvgIpc) is 2.53. The quantitative estimate of drug-likeness (QED) is 0.566. The molecule has 0 aliphatic heterocycles. The summed E-state index contributed by atoms with van der Waals surface area (Å²) in [6.07, 6.45) is 3.43. The van der Waals surface area contributed by atoms with Gasteiger partial charge in [0.05, 0.1) is 50.2 Å². The molecule has 3 atom stereocenters. The topological polar surface area (TPSA) is 47.9 Å². The number of aliphatic hydroxyl groups excluding tert-OH is 1. The highest BCUT2D eigenvalue weighted by Gasteiger charge is 2.32. The smallest absolute Gasteiger partial charge is 0.0635 e. The minimum atomic E-state index is -0.476. The van der Waals surface area contributed by atoms with E-state index in [2.05, 4.69) is 20.8 Å². The molecule has 0 heterocycles. The summed E-state index contributed by atoms with van der Waals surface area (Å²) in [4.78, 5) is 0. The van der Waals surface area contributed by atoms with E-state index in [0.717, 1.165) is 19.3 Å². The predicted octanol–water partition coefficient (Wildman–Crippen LogP) is 3.41. The minimum Gasteiger partial charge on any atom is -0.396 e. The van der Waals surface area contributed by atoms with E-state index in [0.29, 0.717) is 19.8 Å². The maximum absolute atomic E-state index is 9.89. The molecule has 0 saturated heterocycles. The van der Waals surface area contributed by atoms with Crippen LogP contribution in [0.4, 0.5) is 0 Å². The lowest BCUT2D eigenvalue weighted by Crippen LogP contribution is -2.43. The van der Waals surface area contributed by atoms with Crippen LogP contribution in [0.2, 0.25) is 0 Å². The summed E-state index contributed by atoms with van der Waals surface area (Å²) in [6.45, 7) is 13.8. The van der Waals surface area contributed by atoms with Gasteiger partial charge in [-0.1, -0.05) is 20.8 Å². The van der Waals surface area contributed by atoms with Crippen LogP contribution >= 0.6 is 0 Å². The Morgan fingerprint density at radius 3 is 1.19 bits per heavy atom. The molecular formula is C17H36O4. The monoisotopic (exact) mass is 304 g/mol. The van der Waals surface area contributed by atoms with Gasteiger partial charge in [-0.2, -0.15) is 0 Å². The molecule has 0 aromatic rings. The van der Waals surface area contributed by atoms with Crippen LogP contribution in [0.3, 0.4) is 0 Å². The first kappa shape index (κ1) is 20.8. The molecule has 0 amide bonds. The van der Waals surface area contributed by atoms with Crippen LogP contribution in [0, 0.1) is 5.41 Å². The Labute approximate surface area is 131 Å². The van der Waals surface area contributed by atoms with Crippen LogP contribution in [-0.4, -0.2) is 49.8 Å². The molecule has 0 aromatic carbocycles. The van der Waals surface area contributed by atoms with Crippen LogP contribution in [-0.2, 0) is 14.2 Å². The van der Waals surface area contributed by atoms with Crippen LogP contribution in [0.15, 0.2) is 0 Å². The predicted molar refractivity (Wildman–Crippen MR) is 86.6 cm³/mol. The highest BCUT2D eigenvalue weighted by atomic mass is 16.5. The molecule has 0 fully saturated rings. The fraction of sp³-hybridized carbons (Fsp3) is 1.00. The summed E-state index contributed by atoms with van der Waals surface area (Å²) < 4.78 is 17.6. The van der Waals surface area contributed by atoms with E-state index in [9.17, 15) is 5.11 Å². The molecule has 128 valence electrons. The first-order chi connectivity index (χ1) is 9.92. The summed E-state index contributed by atoms with van der Waals surface area (Å²) in [5.41, 5.74) is -0.476. The van der Waals surface area contributed by atoms with Gasteiger partial charge in [0.15, 0.2) is 0 Å². The summed E-state index contributed by atoms with van der Waals surface area (Å²) in [7, 11) is 0. The highest BCUT2D eigenvalue weighted by molar-refractivity contribution is 4.79. The minimum absolute atomic E-state index is 0.0102. The molecule has 0 radical (unpaired) electrons. The van der Waals surface area contributed by atoms with E-state index in [1.807, 2.05) is 20.8 Å². The molecule has 0 saturated carbocycles. The molecule has 4 nitrogen and oxygen atoms in total. The maximum Gasteiger partial charge on any atom is 0.0635 e. The Morgan fingerprint density at radius 1 is 0.714 bits per heavy atom. The van der Waals surface area contributed by atoms with E-state index in [4.69, 9.17) is 14.2 Å². The molecule has 21 heavy (non-hydrogen) atoms. The standard InChI is InChI=1S/C17H36O4/c1-7-14(4)19-11-17(10-18,12-20-15(5)8-2)13-21-16(6)9-3/h14-16,18H,7-13H2,1-6H3. The summed E-state index contributed by atoms with van der Waals surface area (Å²) >= 11 is 0. The van der Waals surface area contributed by atoms with Crippen molar-refractivity contribution < 1.29 is 19.3 Å². The van der Waals surface area contributed by atoms with Gasteiger partial charge in [0.2, 0.25) is 0 Å². The number of aliphatic hydroxyl groups is 1. The first-order valence-electron chi connectivity index (χ1n) is 8.38. The van der Waals surface area contributed by atoms with Crippen molar-refractivity contribution in [2.75, 3.05) is 26.4 Å². The molecule has 4 heteroatoms. The Balaban J connectivity index is 4.65. The van der Waals surface area contributed by atoms with Crippen molar-refractivity contribution in [2.45, 2.75) is 79.1 Å². The van der Waals surface area contributed by atoms with Gasteiger partial charge < -0.3 is 19.3 Å².